The maximum atomic E-state index is 14.2. The van der Waals surface area contributed by atoms with Gasteiger partial charge in [-0.15, -0.1) is 0 Å². The van der Waals surface area contributed by atoms with Gasteiger partial charge in [0.15, 0.2) is 0 Å². The van der Waals surface area contributed by atoms with Gasteiger partial charge in [0, 0.05) is 31.6 Å². The first-order chi connectivity index (χ1) is 17.1. The lowest BCUT2D eigenvalue weighted by Crippen LogP contribution is -2.39. The van der Waals surface area contributed by atoms with Crippen molar-refractivity contribution in [3.8, 4) is 5.75 Å². The fourth-order valence-electron chi connectivity index (χ4n) is 4.14. The van der Waals surface area contributed by atoms with Crippen molar-refractivity contribution in [1.82, 2.24) is 4.90 Å². The zero-order chi connectivity index (χ0) is 24.5. The molecule has 6 nitrogen and oxygen atoms in total. The molecule has 0 spiro atoms. The third-order valence-electron chi connectivity index (χ3n) is 5.81. The molecular formula is C28H31FN2O4. The predicted octanol–water partition coefficient (Wildman–Crippen LogP) is 4.41. The minimum Gasteiger partial charge on any atom is -0.497 e. The average molecular weight is 479 g/mol. The Morgan fingerprint density at radius 2 is 1.83 bits per heavy atom. The van der Waals surface area contributed by atoms with Gasteiger partial charge >= 0.3 is 0 Å². The highest BCUT2D eigenvalue weighted by atomic mass is 19.1. The summed E-state index contributed by atoms with van der Waals surface area (Å²) in [5.74, 6) is 0.464. The van der Waals surface area contributed by atoms with E-state index in [4.69, 9.17) is 14.3 Å². The third-order valence-corrected chi connectivity index (χ3v) is 5.81. The van der Waals surface area contributed by atoms with Crippen molar-refractivity contribution in [2.24, 2.45) is 5.16 Å². The average Bonchev–Trinajstić information content (AvgIpc) is 3.33. The summed E-state index contributed by atoms with van der Waals surface area (Å²) in [5.41, 5.74) is 3.17. The zero-order valence-corrected chi connectivity index (χ0v) is 19.8. The number of nitrogens with zero attached hydrogens (tertiary/aromatic N) is 2. The highest BCUT2D eigenvalue weighted by molar-refractivity contribution is 6.01. The Labute approximate surface area is 205 Å². The summed E-state index contributed by atoms with van der Waals surface area (Å²) in [6.07, 6.45) is -0.429. The van der Waals surface area contributed by atoms with E-state index in [0.29, 0.717) is 43.9 Å². The van der Waals surface area contributed by atoms with Crippen LogP contribution < -0.4 is 4.74 Å². The van der Waals surface area contributed by atoms with Crippen molar-refractivity contribution in [2.75, 3.05) is 26.8 Å². The smallest absolute Gasteiger partial charge is 0.145 e. The van der Waals surface area contributed by atoms with E-state index in [0.717, 1.165) is 16.9 Å². The van der Waals surface area contributed by atoms with Crippen molar-refractivity contribution in [2.45, 2.75) is 31.8 Å². The van der Waals surface area contributed by atoms with E-state index in [9.17, 15) is 9.50 Å². The van der Waals surface area contributed by atoms with Crippen LogP contribution in [0.2, 0.25) is 0 Å². The van der Waals surface area contributed by atoms with E-state index in [1.165, 1.54) is 6.07 Å². The van der Waals surface area contributed by atoms with Crippen LogP contribution in [-0.2, 0) is 22.7 Å². The van der Waals surface area contributed by atoms with Crippen molar-refractivity contribution in [3.63, 3.8) is 0 Å². The molecule has 1 heterocycles. The molecule has 1 N–H and O–H groups in total. The molecule has 3 aromatic rings. The number of aliphatic hydroxyl groups excluding tert-OH is 1. The molecule has 3 aromatic carbocycles. The van der Waals surface area contributed by atoms with Crippen LogP contribution in [0.3, 0.4) is 0 Å². The molecule has 1 aliphatic rings. The number of aliphatic hydroxyl groups is 1. The number of ether oxygens (including phenoxy) is 2. The molecule has 2 atom stereocenters. The summed E-state index contributed by atoms with van der Waals surface area (Å²) in [6, 6.07) is 24.3. The van der Waals surface area contributed by atoms with Gasteiger partial charge in [0.2, 0.25) is 0 Å². The van der Waals surface area contributed by atoms with Crippen molar-refractivity contribution >= 4 is 5.71 Å². The summed E-state index contributed by atoms with van der Waals surface area (Å²) in [4.78, 5) is 7.76. The van der Waals surface area contributed by atoms with Crippen LogP contribution in [0.25, 0.3) is 0 Å². The first kappa shape index (κ1) is 24.9. The maximum absolute atomic E-state index is 14.2. The van der Waals surface area contributed by atoms with Gasteiger partial charge in [-0.05, 0) is 29.3 Å². The summed E-state index contributed by atoms with van der Waals surface area (Å²) in [6.45, 7) is 2.16. The second-order valence-corrected chi connectivity index (χ2v) is 8.65. The van der Waals surface area contributed by atoms with Crippen LogP contribution in [0, 0.1) is 5.82 Å². The highest BCUT2D eigenvalue weighted by Crippen LogP contribution is 2.21. The summed E-state index contributed by atoms with van der Waals surface area (Å²) in [5, 5.41) is 14.8. The van der Waals surface area contributed by atoms with Crippen LogP contribution >= 0.6 is 0 Å². The van der Waals surface area contributed by atoms with E-state index in [1.54, 1.807) is 25.3 Å². The number of methoxy groups -OCH3 is 1. The summed E-state index contributed by atoms with van der Waals surface area (Å²) in [7, 11) is 1.64. The molecule has 0 unspecified atom stereocenters. The van der Waals surface area contributed by atoms with E-state index >= 15 is 0 Å². The molecule has 35 heavy (non-hydrogen) atoms. The van der Waals surface area contributed by atoms with Gasteiger partial charge < -0.3 is 19.4 Å². The third kappa shape index (κ3) is 7.36. The lowest BCUT2D eigenvalue weighted by atomic mass is 10.0. The van der Waals surface area contributed by atoms with Gasteiger partial charge in [-0.2, -0.15) is 0 Å². The van der Waals surface area contributed by atoms with Crippen molar-refractivity contribution < 1.29 is 23.8 Å². The monoisotopic (exact) mass is 478 g/mol. The van der Waals surface area contributed by atoms with Gasteiger partial charge in [-0.3, -0.25) is 4.90 Å². The second kappa shape index (κ2) is 12.4. The van der Waals surface area contributed by atoms with E-state index < -0.39 is 6.10 Å². The number of oxime groups is 1. The largest absolute Gasteiger partial charge is 0.497 e. The minimum absolute atomic E-state index is 0.214. The molecule has 0 aromatic heterocycles. The molecule has 0 aliphatic carbocycles. The standard InChI is InChI=1S/C28H31FN2O4/c1-33-24-11-7-10-22(14-24)16-31(17-23(32)20-34-19-21-8-3-2-4-9-21)18-25-15-28(30-35-25)26-12-5-6-13-27(26)29/h2-14,23,25,32H,15-20H2,1H3/t23-,25-/m1/s1. The predicted molar refractivity (Wildman–Crippen MR) is 133 cm³/mol. The Bertz CT molecular complexity index is 1110. The SMILES string of the molecule is COc1cccc(CN(C[C@@H](O)COCc2ccccc2)C[C@H]2CC(c3ccccc3F)=NO2)c1. The summed E-state index contributed by atoms with van der Waals surface area (Å²) >= 11 is 0. The number of halogens is 1. The lowest BCUT2D eigenvalue weighted by molar-refractivity contribution is -0.00649. The van der Waals surface area contributed by atoms with Crippen LogP contribution in [0.15, 0.2) is 84.0 Å². The van der Waals surface area contributed by atoms with Gasteiger partial charge in [0.05, 0.1) is 32.1 Å². The van der Waals surface area contributed by atoms with Crippen molar-refractivity contribution in [1.29, 1.82) is 0 Å². The Morgan fingerprint density at radius 3 is 2.63 bits per heavy atom. The van der Waals surface area contributed by atoms with Crippen LogP contribution in [0.1, 0.15) is 23.1 Å². The van der Waals surface area contributed by atoms with Gasteiger partial charge in [-0.1, -0.05) is 65.8 Å². The molecule has 0 fully saturated rings. The minimum atomic E-state index is -0.683. The fraction of sp³-hybridized carbons (Fsp3) is 0.321. The number of hydrogen-bond acceptors (Lipinski definition) is 6. The number of benzene rings is 3. The molecule has 0 bridgehead atoms. The van der Waals surface area contributed by atoms with E-state index in [1.807, 2.05) is 54.6 Å². The Kier molecular flexibility index (Phi) is 8.84. The van der Waals surface area contributed by atoms with Crippen molar-refractivity contribution in [3.05, 3.63) is 101 Å². The van der Waals surface area contributed by atoms with Gasteiger partial charge in [0.1, 0.15) is 17.7 Å². The fourth-order valence-corrected chi connectivity index (χ4v) is 4.14. The van der Waals surface area contributed by atoms with Crippen LogP contribution in [-0.4, -0.2) is 54.7 Å². The maximum Gasteiger partial charge on any atom is 0.145 e. The van der Waals surface area contributed by atoms with Crippen LogP contribution in [0.5, 0.6) is 5.75 Å². The lowest BCUT2D eigenvalue weighted by Gasteiger charge is -2.27. The molecule has 184 valence electrons. The molecule has 1 aliphatic heterocycles. The Morgan fingerprint density at radius 1 is 1.06 bits per heavy atom. The molecule has 0 saturated heterocycles. The van der Waals surface area contributed by atoms with Gasteiger partial charge in [-0.25, -0.2) is 4.39 Å². The van der Waals surface area contributed by atoms with Gasteiger partial charge in [0.25, 0.3) is 0 Å². The summed E-state index contributed by atoms with van der Waals surface area (Å²) < 4.78 is 25.3. The van der Waals surface area contributed by atoms with E-state index in [2.05, 4.69) is 10.1 Å². The normalized spacial score (nSPS) is 16.1. The Balaban J connectivity index is 1.37. The topological polar surface area (TPSA) is 63.5 Å². The Hall–Kier alpha value is -3.26. The van der Waals surface area contributed by atoms with E-state index in [-0.39, 0.29) is 18.5 Å². The van der Waals surface area contributed by atoms with Crippen LogP contribution in [0.4, 0.5) is 4.39 Å². The molecular weight excluding hydrogens is 447 g/mol. The molecule has 0 saturated carbocycles. The molecule has 4 rings (SSSR count). The first-order valence-corrected chi connectivity index (χ1v) is 11.7. The number of rotatable bonds is 12. The second-order valence-electron chi connectivity index (χ2n) is 8.65. The first-order valence-electron chi connectivity index (χ1n) is 11.7. The number of hydrogen-bond donors (Lipinski definition) is 1. The molecule has 0 radical (unpaired) electrons. The highest BCUT2D eigenvalue weighted by Gasteiger charge is 2.27. The zero-order valence-electron chi connectivity index (χ0n) is 19.8. The molecule has 0 amide bonds. The quantitative estimate of drug-likeness (QED) is 0.418. The molecule has 7 heteroatoms.